The van der Waals surface area contributed by atoms with Crippen LogP contribution in [0.5, 0.6) is 0 Å². The lowest BCUT2D eigenvalue weighted by Crippen LogP contribution is -2.27. The van der Waals surface area contributed by atoms with E-state index in [0.29, 0.717) is 4.57 Å². The van der Waals surface area contributed by atoms with Crippen molar-refractivity contribution in [1.29, 1.82) is 0 Å². The van der Waals surface area contributed by atoms with Crippen LogP contribution < -0.4 is 0 Å². The van der Waals surface area contributed by atoms with Crippen molar-refractivity contribution in [2.24, 2.45) is 0 Å². The smallest absolute Gasteiger partial charge is 0.0843 e. The van der Waals surface area contributed by atoms with Crippen molar-refractivity contribution >= 4 is 10.9 Å². The fraction of sp³-hybridized carbons (Fsp3) is 0.381. The summed E-state index contributed by atoms with van der Waals surface area (Å²) in [5.74, 6) is 0. The van der Waals surface area contributed by atoms with E-state index in [1.807, 2.05) is 0 Å². The Bertz CT molecular complexity index is 1700. The molecule has 24 heavy (non-hydrogen) atoms. The lowest BCUT2D eigenvalue weighted by molar-refractivity contribution is 0.309. The maximum Gasteiger partial charge on any atom is 0.0843 e. The molecule has 0 bridgehead atoms. The highest BCUT2D eigenvalue weighted by molar-refractivity contribution is 5.86. The first-order valence-corrected chi connectivity index (χ1v) is 6.99. The van der Waals surface area contributed by atoms with E-state index in [1.54, 1.807) is 0 Å². The van der Waals surface area contributed by atoms with Gasteiger partial charge >= 0.3 is 0 Å². The quantitative estimate of drug-likeness (QED) is 0.722. The molecule has 0 spiro atoms. The average Bonchev–Trinajstić information content (AvgIpc) is 3.14. The van der Waals surface area contributed by atoms with E-state index in [2.05, 4.69) is 4.98 Å². The number of rotatable bonds is 3. The fourth-order valence-corrected chi connectivity index (χ4v) is 2.38. The van der Waals surface area contributed by atoms with Gasteiger partial charge in [0.2, 0.25) is 0 Å². The molecule has 0 fully saturated rings. The van der Waals surface area contributed by atoms with Gasteiger partial charge in [-0.1, -0.05) is 17.6 Å². The molecular weight excluding hydrogens is 294 g/mol. The Morgan fingerprint density at radius 2 is 2.33 bits per heavy atom. The zero-order valence-corrected chi connectivity index (χ0v) is 12.5. The summed E-state index contributed by atoms with van der Waals surface area (Å²) in [5.41, 5.74) is -4.77. The molecule has 2 aromatic heterocycles. The molecule has 3 heteroatoms. The molecule has 0 aliphatic carbocycles. The van der Waals surface area contributed by atoms with E-state index in [9.17, 15) is 0 Å². The summed E-state index contributed by atoms with van der Waals surface area (Å²) in [4.78, 5) is 3.37. The standard InChI is InChI=1S/C21H25N3/c1-15-4-7-20-18(12-15)19-14-23(3)10-9-21(19)24(20)11-8-17-6-5-16(2)22-13-17/h4-7,12-13H,8-11,14H2,1-3H3/i1D3,3D3,4D,5D,6D,7D,8D2,9D2,10D2,12D,13D,14D2. The van der Waals surface area contributed by atoms with Crippen molar-refractivity contribution in [2.75, 3.05) is 13.5 Å². The summed E-state index contributed by atoms with van der Waals surface area (Å²) < 4.78 is 168. The SMILES string of the molecule is [2H]c1nc(C)c([2H])c([2H])c1C([2H])([2H])Cn1c2c(c3c([2H])c(C([2H])([2H])[2H])c([2H])c([2H])c31)C([2H])([2H])N(C([2H])([2H])[2H])C([2H])([2H])C2([2H])[2H]. The Morgan fingerprint density at radius 3 is 3.21 bits per heavy atom. The second-order valence-corrected chi connectivity index (χ2v) is 5.08. The molecule has 0 saturated heterocycles. The molecule has 1 aromatic carbocycles. The molecule has 1 aliphatic heterocycles. The minimum Gasteiger partial charge on any atom is -0.344 e. The largest absolute Gasteiger partial charge is 0.344 e. The van der Waals surface area contributed by atoms with E-state index >= 15 is 0 Å². The minimum absolute atomic E-state index is 0.0749. The van der Waals surface area contributed by atoms with E-state index in [0.717, 1.165) is 0 Å². The van der Waals surface area contributed by atoms with Crippen molar-refractivity contribution in [3.63, 3.8) is 0 Å². The minimum atomic E-state index is -3.71. The van der Waals surface area contributed by atoms with Crippen LogP contribution in [0.25, 0.3) is 10.9 Å². The van der Waals surface area contributed by atoms with E-state index in [4.69, 9.17) is 27.4 Å². The van der Waals surface area contributed by atoms with Crippen molar-refractivity contribution in [1.82, 2.24) is 14.5 Å². The van der Waals surface area contributed by atoms with E-state index in [-0.39, 0.29) is 10.6 Å². The van der Waals surface area contributed by atoms with Crippen LogP contribution in [0.3, 0.4) is 0 Å². The third kappa shape index (κ3) is 2.73. The Kier molecular flexibility index (Phi) is 1.19. The Hall–Kier alpha value is -2.13. The van der Waals surface area contributed by atoms with Crippen LogP contribution in [-0.4, -0.2) is 27.9 Å². The predicted octanol–water partition coefficient (Wildman–Crippen LogP) is 3.88. The molecule has 0 amide bonds. The Labute approximate surface area is 172 Å². The Balaban J connectivity index is 2.29. The number of aromatic nitrogens is 2. The lowest BCUT2D eigenvalue weighted by atomic mass is 10.0. The summed E-state index contributed by atoms with van der Waals surface area (Å²) in [6, 6.07) is -4.50. The monoisotopic (exact) mass is 339 g/mol. The van der Waals surface area contributed by atoms with Crippen LogP contribution in [-0.2, 0) is 25.8 Å². The number of hydrogen-bond acceptors (Lipinski definition) is 2. The van der Waals surface area contributed by atoms with Crippen LogP contribution >= 0.6 is 0 Å². The number of nitrogens with zero attached hydrogens (tertiary/aromatic N) is 3. The highest BCUT2D eigenvalue weighted by Crippen LogP contribution is 2.31. The number of fused-ring (bicyclic) bond motifs is 3. The first-order valence-electron chi connectivity index (χ1n) is 17.0. The molecule has 3 aromatic rings. The van der Waals surface area contributed by atoms with Crippen LogP contribution in [0.2, 0.25) is 0 Å². The average molecular weight is 340 g/mol. The van der Waals surface area contributed by atoms with Gasteiger partial charge in [-0.3, -0.25) is 4.98 Å². The fourth-order valence-electron chi connectivity index (χ4n) is 2.38. The van der Waals surface area contributed by atoms with Gasteiger partial charge in [0.1, 0.15) is 0 Å². The van der Waals surface area contributed by atoms with Crippen molar-refractivity contribution in [3.05, 3.63) is 64.5 Å². The van der Waals surface area contributed by atoms with E-state index < -0.39 is 116 Å². The highest BCUT2D eigenvalue weighted by atomic mass is 15.1. The van der Waals surface area contributed by atoms with Gasteiger partial charge in [-0.15, -0.1) is 0 Å². The second kappa shape index (κ2) is 6.06. The van der Waals surface area contributed by atoms with Gasteiger partial charge in [0.15, 0.2) is 0 Å². The number of hydrogen-bond donors (Lipinski definition) is 0. The van der Waals surface area contributed by atoms with Crippen molar-refractivity contribution in [3.8, 4) is 0 Å². The summed E-state index contributed by atoms with van der Waals surface area (Å²) in [5, 5.41) is -0.845. The lowest BCUT2D eigenvalue weighted by Gasteiger charge is -2.24. The number of likely N-dealkylation sites (N-methyl/N-ethyl adjacent to an activating group) is 1. The first-order chi connectivity index (χ1) is 19.6. The molecule has 0 saturated carbocycles. The van der Waals surface area contributed by atoms with E-state index in [1.165, 1.54) is 6.92 Å². The maximum atomic E-state index is 8.80. The second-order valence-electron chi connectivity index (χ2n) is 5.08. The molecule has 0 radical (unpaired) electrons. The number of benzene rings is 1. The van der Waals surface area contributed by atoms with Gasteiger partial charge in [-0.2, -0.15) is 0 Å². The van der Waals surface area contributed by atoms with Gasteiger partial charge in [-0.05, 0) is 56.4 Å². The normalized spacial score (nSPS) is 35.0. The van der Waals surface area contributed by atoms with Gasteiger partial charge in [0, 0.05) is 73.6 Å². The molecule has 0 N–H and O–H groups in total. The third-order valence-electron chi connectivity index (χ3n) is 3.45. The van der Waals surface area contributed by atoms with Crippen LogP contribution in [0, 0.1) is 13.8 Å². The third-order valence-corrected chi connectivity index (χ3v) is 3.45. The molecule has 1 aliphatic rings. The van der Waals surface area contributed by atoms with Gasteiger partial charge in [0.05, 0.1) is 8.22 Å². The Morgan fingerprint density at radius 1 is 1.38 bits per heavy atom. The molecular formula is C21H25N3. The molecule has 0 atom stereocenters. The number of pyridine rings is 1. The first kappa shape index (κ1) is 4.73. The van der Waals surface area contributed by atoms with Gasteiger partial charge in [-0.25, -0.2) is 0 Å². The topological polar surface area (TPSA) is 21.1 Å². The summed E-state index contributed by atoms with van der Waals surface area (Å²) >= 11 is 0. The van der Waals surface area contributed by atoms with Crippen LogP contribution in [0.4, 0.5) is 0 Å². The van der Waals surface area contributed by atoms with Crippen LogP contribution in [0.1, 0.15) is 55.5 Å². The maximum absolute atomic E-state index is 8.80. The van der Waals surface area contributed by atoms with Crippen LogP contribution in [0.15, 0.2) is 36.4 Å². The zero-order chi connectivity index (χ0) is 34.1. The predicted molar refractivity (Wildman–Crippen MR) is 99.4 cm³/mol. The zero-order valence-electron chi connectivity index (χ0n) is 32.5. The molecule has 4 rings (SSSR count). The molecule has 3 heterocycles. The van der Waals surface area contributed by atoms with Crippen molar-refractivity contribution < 1.29 is 27.4 Å². The van der Waals surface area contributed by atoms with Gasteiger partial charge in [0.25, 0.3) is 0 Å². The summed E-state index contributed by atoms with van der Waals surface area (Å²) in [6.07, 6.45) is -7.29. The molecule has 3 nitrogen and oxygen atoms in total. The molecule has 0 unspecified atom stereocenters. The molecule has 124 valence electrons. The van der Waals surface area contributed by atoms with Crippen molar-refractivity contribution in [2.45, 2.75) is 39.6 Å². The van der Waals surface area contributed by atoms with Gasteiger partial charge < -0.3 is 9.47 Å². The summed E-state index contributed by atoms with van der Waals surface area (Å²) in [6.45, 7) is -14.1. The number of aryl methyl sites for hydroxylation is 2. The summed E-state index contributed by atoms with van der Waals surface area (Å²) in [7, 11) is 0. The highest BCUT2D eigenvalue weighted by Gasteiger charge is 2.22.